The van der Waals surface area contributed by atoms with Crippen LogP contribution in [-0.4, -0.2) is 48.6 Å². The first-order chi connectivity index (χ1) is 14.7. The minimum atomic E-state index is -0.255. The summed E-state index contributed by atoms with van der Waals surface area (Å²) in [5, 5.41) is 0. The maximum Gasteiger partial charge on any atom is 0.237 e. The van der Waals surface area contributed by atoms with Crippen LogP contribution in [0.5, 0.6) is 11.5 Å². The lowest BCUT2D eigenvalue weighted by atomic mass is 10.0. The molecule has 0 aromatic heterocycles. The van der Waals surface area contributed by atoms with E-state index in [0.29, 0.717) is 31.9 Å². The average Bonchev–Trinajstić information content (AvgIpc) is 3.25. The van der Waals surface area contributed by atoms with Gasteiger partial charge in [-0.1, -0.05) is 30.3 Å². The van der Waals surface area contributed by atoms with E-state index in [4.69, 9.17) is 9.47 Å². The second-order valence-corrected chi connectivity index (χ2v) is 7.70. The number of rotatable bonds is 7. The Labute approximate surface area is 176 Å². The molecule has 158 valence electrons. The van der Waals surface area contributed by atoms with E-state index in [-0.39, 0.29) is 24.3 Å². The second-order valence-electron chi connectivity index (χ2n) is 7.70. The van der Waals surface area contributed by atoms with Gasteiger partial charge in [-0.05, 0) is 36.6 Å². The van der Waals surface area contributed by atoms with Crippen LogP contribution in [0.1, 0.15) is 30.0 Å². The fourth-order valence-corrected chi connectivity index (χ4v) is 4.20. The van der Waals surface area contributed by atoms with Crippen LogP contribution in [0, 0.1) is 5.82 Å². The molecule has 2 aromatic carbocycles. The molecule has 1 unspecified atom stereocenters. The quantitative estimate of drug-likeness (QED) is 0.649. The molecular formula is C24H27FN2O3. The van der Waals surface area contributed by atoms with E-state index in [2.05, 4.69) is 6.58 Å². The minimum absolute atomic E-state index is 0.0207. The fraction of sp³-hybridized carbons (Fsp3) is 0.375. The SMILES string of the molecule is C=CCN(CC(=O)N1CCCC1c1ccc2c(c1)OCCO2)Cc1ccccc1F. The Morgan fingerprint density at radius 1 is 1.20 bits per heavy atom. The van der Waals surface area contributed by atoms with Crippen LogP contribution in [0.2, 0.25) is 0 Å². The molecule has 5 nitrogen and oxygen atoms in total. The van der Waals surface area contributed by atoms with Gasteiger partial charge in [-0.2, -0.15) is 0 Å². The molecule has 0 saturated carbocycles. The van der Waals surface area contributed by atoms with Crippen LogP contribution < -0.4 is 9.47 Å². The first-order valence-corrected chi connectivity index (χ1v) is 10.4. The average molecular weight is 410 g/mol. The molecule has 6 heteroatoms. The summed E-state index contributed by atoms with van der Waals surface area (Å²) in [5.41, 5.74) is 1.64. The molecule has 2 aliphatic rings. The van der Waals surface area contributed by atoms with Crippen LogP contribution in [-0.2, 0) is 11.3 Å². The first-order valence-electron chi connectivity index (χ1n) is 10.4. The van der Waals surface area contributed by atoms with E-state index in [0.717, 1.165) is 36.4 Å². The highest BCUT2D eigenvalue weighted by atomic mass is 19.1. The summed E-state index contributed by atoms with van der Waals surface area (Å²) in [6.45, 7) is 6.71. The molecular weight excluding hydrogens is 383 g/mol. The zero-order chi connectivity index (χ0) is 20.9. The summed E-state index contributed by atoms with van der Waals surface area (Å²) in [5.74, 6) is 1.29. The van der Waals surface area contributed by atoms with Crippen molar-refractivity contribution in [1.29, 1.82) is 0 Å². The summed E-state index contributed by atoms with van der Waals surface area (Å²) in [6.07, 6.45) is 3.62. The molecule has 1 atom stereocenters. The Balaban J connectivity index is 1.47. The minimum Gasteiger partial charge on any atom is -0.486 e. The number of nitrogens with zero attached hydrogens (tertiary/aromatic N) is 2. The van der Waals surface area contributed by atoms with Gasteiger partial charge in [0.2, 0.25) is 5.91 Å². The van der Waals surface area contributed by atoms with Crippen molar-refractivity contribution in [3.05, 3.63) is 72.1 Å². The van der Waals surface area contributed by atoms with Crippen LogP contribution in [0.15, 0.2) is 55.1 Å². The van der Waals surface area contributed by atoms with Crippen molar-refractivity contribution in [2.75, 3.05) is 32.8 Å². The van der Waals surface area contributed by atoms with Gasteiger partial charge in [0.25, 0.3) is 0 Å². The van der Waals surface area contributed by atoms with Gasteiger partial charge in [-0.3, -0.25) is 9.69 Å². The van der Waals surface area contributed by atoms with Gasteiger partial charge in [-0.15, -0.1) is 6.58 Å². The zero-order valence-corrected chi connectivity index (χ0v) is 17.1. The number of carbonyl (C=O) groups excluding carboxylic acids is 1. The second kappa shape index (κ2) is 9.30. The molecule has 4 rings (SSSR count). The number of carbonyl (C=O) groups is 1. The summed E-state index contributed by atoms with van der Waals surface area (Å²) in [4.78, 5) is 17.0. The van der Waals surface area contributed by atoms with E-state index >= 15 is 0 Å². The summed E-state index contributed by atoms with van der Waals surface area (Å²) < 4.78 is 25.4. The van der Waals surface area contributed by atoms with E-state index in [1.807, 2.05) is 34.1 Å². The van der Waals surface area contributed by atoms with Gasteiger partial charge in [0.15, 0.2) is 11.5 Å². The largest absolute Gasteiger partial charge is 0.486 e. The molecule has 0 radical (unpaired) electrons. The number of fused-ring (bicyclic) bond motifs is 1. The van der Waals surface area contributed by atoms with E-state index < -0.39 is 0 Å². The van der Waals surface area contributed by atoms with Crippen molar-refractivity contribution < 1.29 is 18.7 Å². The summed E-state index contributed by atoms with van der Waals surface area (Å²) >= 11 is 0. The number of hydrogen-bond acceptors (Lipinski definition) is 4. The Kier molecular flexibility index (Phi) is 6.33. The van der Waals surface area contributed by atoms with E-state index in [1.54, 1.807) is 18.2 Å². The number of likely N-dealkylation sites (tertiary alicyclic amines) is 1. The number of benzene rings is 2. The highest BCUT2D eigenvalue weighted by Crippen LogP contribution is 2.38. The molecule has 2 aliphatic heterocycles. The van der Waals surface area contributed by atoms with Gasteiger partial charge in [-0.25, -0.2) is 4.39 Å². The molecule has 1 saturated heterocycles. The van der Waals surface area contributed by atoms with Crippen molar-refractivity contribution in [3.8, 4) is 11.5 Å². The van der Waals surface area contributed by atoms with Crippen LogP contribution in [0.25, 0.3) is 0 Å². The molecule has 0 N–H and O–H groups in total. The molecule has 0 bridgehead atoms. The van der Waals surface area contributed by atoms with E-state index in [1.165, 1.54) is 6.07 Å². The molecule has 1 amide bonds. The molecule has 0 aliphatic carbocycles. The first kappa shape index (κ1) is 20.4. The highest BCUT2D eigenvalue weighted by molar-refractivity contribution is 5.79. The van der Waals surface area contributed by atoms with Crippen molar-refractivity contribution in [2.45, 2.75) is 25.4 Å². The van der Waals surface area contributed by atoms with Gasteiger partial charge in [0.05, 0.1) is 12.6 Å². The van der Waals surface area contributed by atoms with Gasteiger partial charge < -0.3 is 14.4 Å². The maximum atomic E-state index is 14.1. The highest BCUT2D eigenvalue weighted by Gasteiger charge is 2.31. The Hall–Kier alpha value is -2.86. The third-order valence-electron chi connectivity index (χ3n) is 5.62. The van der Waals surface area contributed by atoms with Crippen molar-refractivity contribution >= 4 is 5.91 Å². The smallest absolute Gasteiger partial charge is 0.237 e. The normalized spacial score (nSPS) is 17.9. The third-order valence-corrected chi connectivity index (χ3v) is 5.62. The molecule has 2 heterocycles. The zero-order valence-electron chi connectivity index (χ0n) is 17.1. The van der Waals surface area contributed by atoms with Crippen molar-refractivity contribution in [3.63, 3.8) is 0 Å². The molecule has 30 heavy (non-hydrogen) atoms. The standard InChI is InChI=1S/C24H27FN2O3/c1-2-11-26(16-19-6-3-4-7-20(19)25)17-24(28)27-12-5-8-21(27)18-9-10-22-23(15-18)30-14-13-29-22/h2-4,6-7,9-10,15,21H,1,5,8,11-14,16-17H2. The maximum absolute atomic E-state index is 14.1. The lowest BCUT2D eigenvalue weighted by Gasteiger charge is -2.29. The third kappa shape index (κ3) is 4.49. The fourth-order valence-electron chi connectivity index (χ4n) is 4.20. The van der Waals surface area contributed by atoms with Crippen LogP contribution in [0.4, 0.5) is 4.39 Å². The topological polar surface area (TPSA) is 42.0 Å². The van der Waals surface area contributed by atoms with E-state index in [9.17, 15) is 9.18 Å². The Morgan fingerprint density at radius 3 is 2.80 bits per heavy atom. The molecule has 1 fully saturated rings. The number of amides is 1. The van der Waals surface area contributed by atoms with Crippen molar-refractivity contribution in [2.24, 2.45) is 0 Å². The van der Waals surface area contributed by atoms with Gasteiger partial charge in [0.1, 0.15) is 19.0 Å². The van der Waals surface area contributed by atoms with Crippen LogP contribution >= 0.6 is 0 Å². The summed E-state index contributed by atoms with van der Waals surface area (Å²) in [6, 6.07) is 12.6. The Bertz CT molecular complexity index is 917. The Morgan fingerprint density at radius 2 is 2.00 bits per heavy atom. The monoisotopic (exact) mass is 410 g/mol. The number of halogens is 1. The molecule has 0 spiro atoms. The lowest BCUT2D eigenvalue weighted by molar-refractivity contribution is -0.133. The van der Waals surface area contributed by atoms with Gasteiger partial charge in [0, 0.05) is 25.2 Å². The van der Waals surface area contributed by atoms with Crippen LogP contribution in [0.3, 0.4) is 0 Å². The summed E-state index contributed by atoms with van der Waals surface area (Å²) in [7, 11) is 0. The predicted molar refractivity (Wildman–Crippen MR) is 113 cm³/mol. The number of hydrogen-bond donors (Lipinski definition) is 0. The van der Waals surface area contributed by atoms with Crippen molar-refractivity contribution in [1.82, 2.24) is 9.80 Å². The predicted octanol–water partition coefficient (Wildman–Crippen LogP) is 3.95. The van der Waals surface area contributed by atoms with Gasteiger partial charge >= 0.3 is 0 Å². The number of ether oxygens (including phenoxy) is 2. The molecule has 2 aromatic rings. The lowest BCUT2D eigenvalue weighted by Crippen LogP contribution is -2.40.